The van der Waals surface area contributed by atoms with Crippen molar-refractivity contribution in [3.63, 3.8) is 0 Å². The summed E-state index contributed by atoms with van der Waals surface area (Å²) in [5.74, 6) is 2.31. The number of nitrogens with one attached hydrogen (secondary N) is 1. The van der Waals surface area contributed by atoms with E-state index >= 15 is 0 Å². The lowest BCUT2D eigenvalue weighted by atomic mass is 10.1. The maximum absolute atomic E-state index is 11.8. The molecular formula is C22H28N4O4. The molecule has 1 aromatic heterocycles. The smallest absolute Gasteiger partial charge is 0.325 e. The fourth-order valence-electron chi connectivity index (χ4n) is 3.43. The van der Waals surface area contributed by atoms with Crippen molar-refractivity contribution >= 4 is 17.7 Å². The van der Waals surface area contributed by atoms with Gasteiger partial charge in [-0.25, -0.2) is 4.98 Å². The third-order valence-electron chi connectivity index (χ3n) is 5.52. The van der Waals surface area contributed by atoms with E-state index in [9.17, 15) is 9.90 Å². The van der Waals surface area contributed by atoms with Crippen LogP contribution in [0.2, 0.25) is 0 Å². The van der Waals surface area contributed by atoms with Crippen LogP contribution in [-0.2, 0) is 9.53 Å². The zero-order valence-electron chi connectivity index (χ0n) is 17.3. The normalized spacial score (nSPS) is 21.0. The quantitative estimate of drug-likeness (QED) is 0.639. The van der Waals surface area contributed by atoms with Crippen molar-refractivity contribution in [3.05, 3.63) is 42.1 Å². The van der Waals surface area contributed by atoms with Gasteiger partial charge in [0, 0.05) is 6.20 Å². The highest BCUT2D eigenvalue weighted by Gasteiger charge is 2.32. The molecule has 2 aromatic rings. The second-order valence-corrected chi connectivity index (χ2v) is 8.05. The van der Waals surface area contributed by atoms with Crippen molar-refractivity contribution in [1.29, 1.82) is 0 Å². The molecule has 160 valence electrons. The molecule has 0 spiro atoms. The largest absolute Gasteiger partial charge is 0.493 e. The van der Waals surface area contributed by atoms with Gasteiger partial charge in [0.2, 0.25) is 5.95 Å². The summed E-state index contributed by atoms with van der Waals surface area (Å²) >= 11 is 0. The van der Waals surface area contributed by atoms with Gasteiger partial charge in [0.15, 0.2) is 0 Å². The minimum atomic E-state index is -0.663. The van der Waals surface area contributed by atoms with E-state index in [1.807, 2.05) is 31.2 Å². The number of ether oxygens (including phenoxy) is 2. The number of anilines is 2. The van der Waals surface area contributed by atoms with E-state index in [4.69, 9.17) is 9.47 Å². The van der Waals surface area contributed by atoms with Crippen LogP contribution in [0.3, 0.4) is 0 Å². The summed E-state index contributed by atoms with van der Waals surface area (Å²) in [6, 6.07) is 9.42. The summed E-state index contributed by atoms with van der Waals surface area (Å²) in [4.78, 5) is 22.4. The van der Waals surface area contributed by atoms with Gasteiger partial charge >= 0.3 is 5.97 Å². The lowest BCUT2D eigenvalue weighted by Crippen LogP contribution is -2.53. The molecule has 2 fully saturated rings. The Morgan fingerprint density at radius 3 is 2.73 bits per heavy atom. The van der Waals surface area contributed by atoms with E-state index in [0.29, 0.717) is 11.8 Å². The summed E-state index contributed by atoms with van der Waals surface area (Å²) in [5.41, 5.74) is 1.09. The summed E-state index contributed by atoms with van der Waals surface area (Å²) < 4.78 is 10.9. The highest BCUT2D eigenvalue weighted by molar-refractivity contribution is 5.77. The van der Waals surface area contributed by atoms with Crippen LogP contribution in [0.5, 0.6) is 5.75 Å². The average molecular weight is 412 g/mol. The predicted molar refractivity (Wildman–Crippen MR) is 113 cm³/mol. The Morgan fingerprint density at radius 1 is 1.27 bits per heavy atom. The van der Waals surface area contributed by atoms with Gasteiger partial charge in [-0.3, -0.25) is 4.79 Å². The van der Waals surface area contributed by atoms with E-state index in [1.54, 1.807) is 24.1 Å². The standard InChI is InChI=1S/C22H28N4O4/c1-14(17-5-7-18(8-6-17)29-12-16-3-4-16)24-22-23-10-9-20(25-22)26-11-21(28)30-13-19(26)15(2)27/h5-10,14-16,19,27H,3-4,11-13H2,1-2H3,(H,23,24,25)/t14-,15+,19+/m0/s1. The molecule has 4 rings (SSSR count). The van der Waals surface area contributed by atoms with Gasteiger partial charge in [0.1, 0.15) is 24.7 Å². The Labute approximate surface area is 176 Å². The molecule has 3 atom stereocenters. The summed E-state index contributed by atoms with van der Waals surface area (Å²) in [6.45, 7) is 4.69. The molecule has 30 heavy (non-hydrogen) atoms. The fourth-order valence-corrected chi connectivity index (χ4v) is 3.43. The minimum Gasteiger partial charge on any atom is -0.493 e. The van der Waals surface area contributed by atoms with Crippen LogP contribution in [0.25, 0.3) is 0 Å². The van der Waals surface area contributed by atoms with E-state index in [0.717, 1.165) is 23.8 Å². The Morgan fingerprint density at radius 2 is 2.03 bits per heavy atom. The average Bonchev–Trinajstić information content (AvgIpc) is 3.57. The number of rotatable bonds is 8. The first kappa shape index (κ1) is 20.4. The Balaban J connectivity index is 1.42. The third kappa shape index (κ3) is 4.99. The van der Waals surface area contributed by atoms with E-state index in [2.05, 4.69) is 15.3 Å². The number of esters is 1. The number of nitrogens with zero attached hydrogens (tertiary/aromatic N) is 3. The number of aliphatic hydroxyl groups excluding tert-OH is 1. The Bertz CT molecular complexity index is 870. The van der Waals surface area contributed by atoms with Crippen LogP contribution in [0.1, 0.15) is 38.3 Å². The summed E-state index contributed by atoms with van der Waals surface area (Å²) in [5, 5.41) is 13.4. The lowest BCUT2D eigenvalue weighted by molar-refractivity contribution is -0.146. The van der Waals surface area contributed by atoms with Gasteiger partial charge in [0.25, 0.3) is 0 Å². The molecule has 0 radical (unpaired) electrons. The SMILES string of the molecule is C[C@H](Nc1nccc(N2CC(=O)OC[C@@H]2[C@@H](C)O)n1)c1ccc(OCC2CC2)cc1. The van der Waals surface area contributed by atoms with Crippen molar-refractivity contribution in [2.75, 3.05) is 30.0 Å². The fraction of sp³-hybridized carbons (Fsp3) is 0.500. The zero-order valence-corrected chi connectivity index (χ0v) is 17.3. The van der Waals surface area contributed by atoms with Crippen LogP contribution in [-0.4, -0.2) is 52.9 Å². The molecule has 0 unspecified atom stereocenters. The van der Waals surface area contributed by atoms with Crippen molar-refractivity contribution in [3.8, 4) is 5.75 Å². The lowest BCUT2D eigenvalue weighted by Gasteiger charge is -2.37. The van der Waals surface area contributed by atoms with Gasteiger partial charge in [-0.1, -0.05) is 12.1 Å². The molecule has 1 aliphatic heterocycles. The minimum absolute atomic E-state index is 0.0170. The molecular weight excluding hydrogens is 384 g/mol. The molecule has 2 aliphatic rings. The van der Waals surface area contributed by atoms with Crippen LogP contribution in [0.15, 0.2) is 36.5 Å². The molecule has 1 aliphatic carbocycles. The van der Waals surface area contributed by atoms with Crippen molar-refractivity contribution in [1.82, 2.24) is 9.97 Å². The molecule has 0 amide bonds. The molecule has 1 aromatic carbocycles. The maximum atomic E-state index is 11.8. The monoisotopic (exact) mass is 412 g/mol. The van der Waals surface area contributed by atoms with Crippen LogP contribution < -0.4 is 15.0 Å². The highest BCUT2D eigenvalue weighted by atomic mass is 16.5. The highest BCUT2D eigenvalue weighted by Crippen LogP contribution is 2.30. The van der Waals surface area contributed by atoms with Crippen LogP contribution in [0.4, 0.5) is 11.8 Å². The number of benzene rings is 1. The maximum Gasteiger partial charge on any atom is 0.325 e. The first-order valence-electron chi connectivity index (χ1n) is 10.4. The van der Waals surface area contributed by atoms with Gasteiger partial charge in [-0.15, -0.1) is 0 Å². The number of morpholine rings is 1. The number of cyclic esters (lactones) is 1. The number of carbonyl (C=O) groups excluding carboxylic acids is 1. The zero-order chi connectivity index (χ0) is 21.1. The van der Waals surface area contributed by atoms with Crippen molar-refractivity contribution in [2.24, 2.45) is 5.92 Å². The number of aromatic nitrogens is 2. The number of hydrogen-bond donors (Lipinski definition) is 2. The topological polar surface area (TPSA) is 96.8 Å². The molecule has 8 heteroatoms. The second-order valence-electron chi connectivity index (χ2n) is 8.05. The summed E-state index contributed by atoms with van der Waals surface area (Å²) in [7, 11) is 0. The van der Waals surface area contributed by atoms with Gasteiger partial charge in [-0.05, 0) is 56.4 Å². The predicted octanol–water partition coefficient (Wildman–Crippen LogP) is 2.55. The van der Waals surface area contributed by atoms with E-state index in [-0.39, 0.29) is 31.2 Å². The Hall–Kier alpha value is -2.87. The van der Waals surface area contributed by atoms with Gasteiger partial charge < -0.3 is 24.8 Å². The number of aliphatic hydroxyl groups is 1. The molecule has 2 N–H and O–H groups in total. The first-order chi connectivity index (χ1) is 14.5. The number of hydrogen-bond acceptors (Lipinski definition) is 8. The molecule has 8 nitrogen and oxygen atoms in total. The second kappa shape index (κ2) is 8.87. The number of carbonyl (C=O) groups is 1. The van der Waals surface area contributed by atoms with E-state index < -0.39 is 6.10 Å². The summed E-state index contributed by atoms with van der Waals surface area (Å²) in [6.07, 6.45) is 3.53. The molecule has 0 bridgehead atoms. The van der Waals surface area contributed by atoms with Crippen molar-refractivity contribution < 1.29 is 19.4 Å². The third-order valence-corrected chi connectivity index (χ3v) is 5.52. The van der Waals surface area contributed by atoms with Gasteiger partial charge in [0.05, 0.1) is 24.8 Å². The molecule has 1 saturated carbocycles. The van der Waals surface area contributed by atoms with Crippen molar-refractivity contribution in [2.45, 2.75) is 44.9 Å². The Kier molecular flexibility index (Phi) is 6.03. The van der Waals surface area contributed by atoms with E-state index in [1.165, 1.54) is 12.8 Å². The molecule has 1 saturated heterocycles. The van der Waals surface area contributed by atoms with Crippen LogP contribution in [0, 0.1) is 5.92 Å². The van der Waals surface area contributed by atoms with Crippen LogP contribution >= 0.6 is 0 Å². The van der Waals surface area contributed by atoms with Gasteiger partial charge in [-0.2, -0.15) is 4.98 Å². The molecule has 2 heterocycles. The first-order valence-corrected chi connectivity index (χ1v) is 10.4.